The van der Waals surface area contributed by atoms with Gasteiger partial charge in [0.05, 0.1) is 29.8 Å². The van der Waals surface area contributed by atoms with E-state index in [-0.39, 0.29) is 36.1 Å². The van der Waals surface area contributed by atoms with Crippen LogP contribution >= 0.6 is 0 Å². The highest BCUT2D eigenvalue weighted by Gasteiger charge is 2.36. The Kier molecular flexibility index (Phi) is 6.76. The van der Waals surface area contributed by atoms with E-state index in [1.165, 1.54) is 0 Å². The zero-order valence-electron chi connectivity index (χ0n) is 23.8. The highest BCUT2D eigenvalue weighted by Crippen LogP contribution is 2.35. The number of fused-ring (bicyclic) bond motifs is 3. The van der Waals surface area contributed by atoms with E-state index in [0.29, 0.717) is 11.9 Å². The normalized spacial score (nSPS) is 22.9. The van der Waals surface area contributed by atoms with Gasteiger partial charge in [0, 0.05) is 49.4 Å². The van der Waals surface area contributed by atoms with E-state index in [9.17, 15) is 9.59 Å². The zero-order chi connectivity index (χ0) is 28.1. The molecule has 7 rings (SSSR count). The second kappa shape index (κ2) is 10.6. The van der Waals surface area contributed by atoms with Crippen molar-refractivity contribution in [3.05, 3.63) is 30.5 Å². The third-order valence-electron chi connectivity index (χ3n) is 8.71. The number of aromatic nitrogens is 4. The SMILES string of the molecule is CC(C)C(=O)N1CCC(n2ncc3c(N4CC5CCC(C4)O5)nc(-c4ccc(NC(=O)NC5CC5)cc4)nc32)CC1. The maximum absolute atomic E-state index is 12.6. The number of amides is 3. The third kappa shape index (κ3) is 5.35. The predicted molar refractivity (Wildman–Crippen MR) is 156 cm³/mol. The van der Waals surface area contributed by atoms with Crippen LogP contribution in [0, 0.1) is 5.92 Å². The van der Waals surface area contributed by atoms with Gasteiger partial charge < -0.3 is 25.2 Å². The van der Waals surface area contributed by atoms with Crippen LogP contribution in [0.2, 0.25) is 0 Å². The number of benzene rings is 1. The van der Waals surface area contributed by atoms with Crippen LogP contribution in [0.3, 0.4) is 0 Å². The molecule has 2 N–H and O–H groups in total. The number of anilines is 2. The lowest BCUT2D eigenvalue weighted by Gasteiger charge is -2.34. The number of hydrogen-bond donors (Lipinski definition) is 2. The number of nitrogens with zero attached hydrogens (tertiary/aromatic N) is 6. The molecule has 4 aliphatic rings. The van der Waals surface area contributed by atoms with Gasteiger partial charge in [-0.2, -0.15) is 5.10 Å². The largest absolute Gasteiger partial charge is 0.371 e. The summed E-state index contributed by atoms with van der Waals surface area (Å²) < 4.78 is 8.17. The molecule has 3 aliphatic heterocycles. The highest BCUT2D eigenvalue weighted by atomic mass is 16.5. The average molecular weight is 559 g/mol. The minimum absolute atomic E-state index is 0.00734. The Labute approximate surface area is 239 Å². The van der Waals surface area contributed by atoms with Gasteiger partial charge in [0.1, 0.15) is 5.82 Å². The molecule has 11 nitrogen and oxygen atoms in total. The summed E-state index contributed by atoms with van der Waals surface area (Å²) in [4.78, 5) is 39.2. The first-order chi connectivity index (χ1) is 19.9. The van der Waals surface area contributed by atoms with Crippen molar-refractivity contribution in [2.75, 3.05) is 36.4 Å². The molecule has 3 aromatic rings. The van der Waals surface area contributed by atoms with Gasteiger partial charge in [-0.3, -0.25) is 4.79 Å². The van der Waals surface area contributed by atoms with Crippen molar-refractivity contribution in [2.45, 2.75) is 76.7 Å². The molecule has 1 saturated carbocycles. The first-order valence-electron chi connectivity index (χ1n) is 15.0. The number of carbonyl (C=O) groups is 2. The third-order valence-corrected chi connectivity index (χ3v) is 8.71. The fourth-order valence-corrected chi connectivity index (χ4v) is 6.31. The summed E-state index contributed by atoms with van der Waals surface area (Å²) in [5.74, 6) is 1.75. The molecule has 11 heteroatoms. The average Bonchev–Trinajstić information content (AvgIpc) is 3.58. The molecule has 2 unspecified atom stereocenters. The van der Waals surface area contributed by atoms with Gasteiger partial charge in [-0.05, 0) is 62.8 Å². The Morgan fingerprint density at radius 2 is 1.66 bits per heavy atom. The molecule has 0 radical (unpaired) electrons. The number of ether oxygens (including phenoxy) is 1. The fourth-order valence-electron chi connectivity index (χ4n) is 6.31. The van der Waals surface area contributed by atoms with Crippen LogP contribution in [0.25, 0.3) is 22.4 Å². The quantitative estimate of drug-likeness (QED) is 0.470. The van der Waals surface area contributed by atoms with E-state index in [2.05, 4.69) is 15.5 Å². The second-order valence-electron chi connectivity index (χ2n) is 12.2. The van der Waals surface area contributed by atoms with Crippen molar-refractivity contribution < 1.29 is 14.3 Å². The standard InChI is InChI=1S/C30H38N8O3/c1-18(2)29(39)36-13-11-22(12-14-36)38-28-25(15-31-38)27(37-16-23-9-10-24(17-37)41-23)34-26(35-28)19-3-5-20(6-4-19)32-30(40)33-21-7-8-21/h3-6,15,18,21-24H,7-14,16-17H2,1-2H3,(H2,32,33,40). The van der Waals surface area contributed by atoms with E-state index in [1.54, 1.807) is 0 Å². The van der Waals surface area contributed by atoms with Crippen LogP contribution in [0.4, 0.5) is 16.3 Å². The molecule has 2 bridgehead atoms. The number of urea groups is 1. The molecule has 5 heterocycles. The van der Waals surface area contributed by atoms with Crippen LogP contribution in [0.5, 0.6) is 0 Å². The Morgan fingerprint density at radius 3 is 2.32 bits per heavy atom. The summed E-state index contributed by atoms with van der Waals surface area (Å²) in [6.07, 6.45) is 8.30. The number of likely N-dealkylation sites (tertiary alicyclic amines) is 1. The lowest BCUT2D eigenvalue weighted by atomic mass is 10.0. The van der Waals surface area contributed by atoms with E-state index in [1.807, 2.05) is 53.9 Å². The molecule has 1 aliphatic carbocycles. The molecule has 1 aromatic carbocycles. The van der Waals surface area contributed by atoms with Crippen LogP contribution in [-0.2, 0) is 9.53 Å². The Balaban J connectivity index is 1.20. The number of rotatable bonds is 6. The topological polar surface area (TPSA) is 118 Å². The summed E-state index contributed by atoms with van der Waals surface area (Å²) >= 11 is 0. The first-order valence-corrected chi connectivity index (χ1v) is 15.0. The van der Waals surface area contributed by atoms with Gasteiger partial charge in [0.25, 0.3) is 0 Å². The van der Waals surface area contributed by atoms with Gasteiger partial charge in [0.2, 0.25) is 5.91 Å². The van der Waals surface area contributed by atoms with E-state index in [0.717, 1.165) is 92.8 Å². The van der Waals surface area contributed by atoms with Crippen LogP contribution < -0.4 is 15.5 Å². The minimum Gasteiger partial charge on any atom is -0.371 e. The van der Waals surface area contributed by atoms with Gasteiger partial charge in [-0.25, -0.2) is 19.4 Å². The van der Waals surface area contributed by atoms with E-state index in [4.69, 9.17) is 19.8 Å². The smallest absolute Gasteiger partial charge is 0.319 e. The van der Waals surface area contributed by atoms with E-state index >= 15 is 0 Å². The summed E-state index contributed by atoms with van der Waals surface area (Å²) in [5.41, 5.74) is 2.43. The summed E-state index contributed by atoms with van der Waals surface area (Å²) in [7, 11) is 0. The fraction of sp³-hybridized carbons (Fsp3) is 0.567. The van der Waals surface area contributed by atoms with Gasteiger partial charge in [-0.1, -0.05) is 13.8 Å². The van der Waals surface area contributed by atoms with Crippen molar-refractivity contribution in [1.29, 1.82) is 0 Å². The number of piperidine rings is 1. The van der Waals surface area contributed by atoms with Gasteiger partial charge >= 0.3 is 6.03 Å². The molecular formula is C30H38N8O3. The van der Waals surface area contributed by atoms with Crippen LogP contribution in [0.15, 0.2) is 30.5 Å². The van der Waals surface area contributed by atoms with Crippen molar-refractivity contribution in [3.63, 3.8) is 0 Å². The summed E-state index contributed by atoms with van der Waals surface area (Å²) in [6.45, 7) is 6.98. The lowest BCUT2D eigenvalue weighted by molar-refractivity contribution is -0.135. The Hall–Kier alpha value is -3.73. The summed E-state index contributed by atoms with van der Waals surface area (Å²) in [5, 5.41) is 11.7. The molecule has 2 atom stereocenters. The Morgan fingerprint density at radius 1 is 0.951 bits per heavy atom. The first kappa shape index (κ1) is 26.2. The molecule has 0 spiro atoms. The van der Waals surface area contributed by atoms with Gasteiger partial charge in [-0.15, -0.1) is 0 Å². The molecule has 3 saturated heterocycles. The monoisotopic (exact) mass is 558 g/mol. The predicted octanol–water partition coefficient (Wildman–Crippen LogP) is 3.96. The number of carbonyl (C=O) groups excluding carboxylic acids is 2. The van der Waals surface area contributed by atoms with E-state index < -0.39 is 0 Å². The van der Waals surface area contributed by atoms with Crippen molar-refractivity contribution >= 4 is 34.5 Å². The molecule has 4 fully saturated rings. The van der Waals surface area contributed by atoms with Crippen molar-refractivity contribution in [2.24, 2.45) is 5.92 Å². The molecule has 3 amide bonds. The van der Waals surface area contributed by atoms with Crippen molar-refractivity contribution in [1.82, 2.24) is 30.0 Å². The zero-order valence-corrected chi connectivity index (χ0v) is 23.8. The number of nitrogens with one attached hydrogen (secondary N) is 2. The number of morpholine rings is 1. The maximum atomic E-state index is 12.6. The molecule has 216 valence electrons. The highest BCUT2D eigenvalue weighted by molar-refractivity contribution is 5.91. The molecule has 2 aromatic heterocycles. The lowest BCUT2D eigenvalue weighted by Crippen LogP contribution is -2.43. The summed E-state index contributed by atoms with van der Waals surface area (Å²) in [6, 6.07) is 7.99. The van der Waals surface area contributed by atoms with Crippen LogP contribution in [-0.4, -0.2) is 81.0 Å². The second-order valence-corrected chi connectivity index (χ2v) is 12.2. The Bertz CT molecular complexity index is 1430. The molecule has 41 heavy (non-hydrogen) atoms. The number of hydrogen-bond acceptors (Lipinski definition) is 7. The molecular weight excluding hydrogens is 520 g/mol. The van der Waals surface area contributed by atoms with Crippen molar-refractivity contribution in [3.8, 4) is 11.4 Å². The van der Waals surface area contributed by atoms with Crippen LogP contribution in [0.1, 0.15) is 58.4 Å². The maximum Gasteiger partial charge on any atom is 0.319 e. The van der Waals surface area contributed by atoms with Gasteiger partial charge in [0.15, 0.2) is 11.5 Å². The minimum atomic E-state index is -0.174.